The van der Waals surface area contributed by atoms with Crippen LogP contribution in [0.25, 0.3) is 0 Å². The molecule has 0 saturated carbocycles. The summed E-state index contributed by atoms with van der Waals surface area (Å²) in [6, 6.07) is -0.385. The van der Waals surface area contributed by atoms with Gasteiger partial charge in [-0.1, -0.05) is 0 Å². The Balaban J connectivity index is 2.73. The minimum Gasteiger partial charge on any atom is -0.480 e. The molecule has 1 aromatic carbocycles. The fourth-order valence-electron chi connectivity index (χ4n) is 1.84. The minimum atomic E-state index is -1.70. The maximum Gasteiger partial charge on any atom is 0.408 e. The van der Waals surface area contributed by atoms with Gasteiger partial charge in [0.1, 0.15) is 11.6 Å². The van der Waals surface area contributed by atoms with Gasteiger partial charge in [-0.25, -0.2) is 22.8 Å². The van der Waals surface area contributed by atoms with E-state index in [1.165, 1.54) is 0 Å². The van der Waals surface area contributed by atoms with E-state index in [9.17, 15) is 27.6 Å². The predicted octanol–water partition coefficient (Wildman–Crippen LogP) is 3.04. The zero-order valence-electron chi connectivity index (χ0n) is 13.9. The van der Waals surface area contributed by atoms with E-state index in [1.54, 1.807) is 20.8 Å². The molecule has 0 aromatic heterocycles. The second kappa shape index (κ2) is 8.00. The van der Waals surface area contributed by atoms with Gasteiger partial charge in [0, 0.05) is 12.0 Å². The van der Waals surface area contributed by atoms with Crippen molar-refractivity contribution in [1.82, 2.24) is 5.32 Å². The van der Waals surface area contributed by atoms with Crippen LogP contribution in [0, 0.1) is 17.5 Å². The molecule has 0 bridgehead atoms. The number of Topliss-reactive ketones (excluding diaryl/α,β-unsaturated/α-hetero) is 1. The average molecular weight is 361 g/mol. The highest BCUT2D eigenvalue weighted by molar-refractivity contribution is 5.96. The molecule has 0 saturated heterocycles. The van der Waals surface area contributed by atoms with Gasteiger partial charge in [-0.3, -0.25) is 4.79 Å². The Bertz CT molecular complexity index is 662. The molecule has 2 N–H and O–H groups in total. The normalized spacial score (nSPS) is 12.4. The van der Waals surface area contributed by atoms with E-state index < -0.39 is 58.9 Å². The first kappa shape index (κ1) is 20.5. The number of halogens is 3. The molecule has 138 valence electrons. The van der Waals surface area contributed by atoms with Crippen LogP contribution < -0.4 is 5.32 Å². The number of ketones is 1. The van der Waals surface area contributed by atoms with Crippen LogP contribution in [0.3, 0.4) is 0 Å². The van der Waals surface area contributed by atoms with Crippen molar-refractivity contribution < 1.29 is 37.4 Å². The van der Waals surface area contributed by atoms with Gasteiger partial charge in [0.05, 0.1) is 0 Å². The molecule has 0 fully saturated rings. The van der Waals surface area contributed by atoms with Gasteiger partial charge < -0.3 is 15.2 Å². The average Bonchev–Trinajstić information content (AvgIpc) is 2.45. The molecule has 9 heteroatoms. The van der Waals surface area contributed by atoms with Gasteiger partial charge in [-0.05, 0) is 39.3 Å². The van der Waals surface area contributed by atoms with Crippen LogP contribution >= 0.6 is 0 Å². The number of benzene rings is 1. The maximum atomic E-state index is 13.1. The van der Waals surface area contributed by atoms with E-state index in [2.05, 4.69) is 5.32 Å². The molecule has 0 heterocycles. The molecular weight excluding hydrogens is 343 g/mol. The molecule has 0 spiro atoms. The largest absolute Gasteiger partial charge is 0.480 e. The lowest BCUT2D eigenvalue weighted by atomic mass is 10.0. The molecule has 0 aliphatic heterocycles. The lowest BCUT2D eigenvalue weighted by molar-refractivity contribution is -0.139. The summed E-state index contributed by atoms with van der Waals surface area (Å²) in [4.78, 5) is 34.7. The highest BCUT2D eigenvalue weighted by Gasteiger charge is 2.25. The number of hydrogen-bond acceptors (Lipinski definition) is 4. The molecule has 1 rings (SSSR count). The van der Waals surface area contributed by atoms with Crippen molar-refractivity contribution in [2.75, 3.05) is 0 Å². The number of amides is 1. The first-order valence-corrected chi connectivity index (χ1v) is 7.31. The number of rotatable bonds is 6. The molecule has 1 atom stereocenters. The Morgan fingerprint density at radius 3 is 2.12 bits per heavy atom. The molecule has 1 aromatic rings. The number of carbonyl (C=O) groups excluding carboxylic acids is 2. The van der Waals surface area contributed by atoms with Crippen molar-refractivity contribution in [3.05, 3.63) is 35.1 Å². The van der Waals surface area contributed by atoms with E-state index in [1.807, 2.05) is 0 Å². The van der Waals surface area contributed by atoms with E-state index >= 15 is 0 Å². The number of carboxylic acids is 1. The summed E-state index contributed by atoms with van der Waals surface area (Å²) in [5, 5.41) is 11.2. The first-order chi connectivity index (χ1) is 11.4. The van der Waals surface area contributed by atoms with E-state index in [-0.39, 0.29) is 6.42 Å². The Morgan fingerprint density at radius 2 is 1.68 bits per heavy atom. The van der Waals surface area contributed by atoms with Crippen LogP contribution in [0.1, 0.15) is 44.0 Å². The number of ether oxygens (including phenoxy) is 1. The van der Waals surface area contributed by atoms with Crippen LogP contribution in [0.15, 0.2) is 12.1 Å². The van der Waals surface area contributed by atoms with Crippen molar-refractivity contribution in [3.63, 3.8) is 0 Å². The summed E-state index contributed by atoms with van der Waals surface area (Å²) in [6.07, 6.45) is -1.75. The van der Waals surface area contributed by atoms with Gasteiger partial charge >= 0.3 is 12.1 Å². The smallest absolute Gasteiger partial charge is 0.408 e. The Hall–Kier alpha value is -2.58. The van der Waals surface area contributed by atoms with E-state index in [0.29, 0.717) is 12.1 Å². The number of carboxylic acid groups (broad SMARTS) is 1. The standard InChI is InChI=1S/C16H18F3NO5/c1-16(2,3)25-15(24)20-11(14(22)23)4-5-12(21)8-6-9(17)13(19)10(18)7-8/h6-7,11H,4-5H2,1-3H3,(H,20,24)(H,22,23)/t11-/m1/s1. The number of alkyl carbamates (subject to hydrolysis) is 1. The molecule has 25 heavy (non-hydrogen) atoms. The van der Waals surface area contributed by atoms with Crippen LogP contribution in [-0.2, 0) is 9.53 Å². The quantitative estimate of drug-likeness (QED) is 0.600. The third kappa shape index (κ3) is 6.44. The fourth-order valence-corrected chi connectivity index (χ4v) is 1.84. The second-order valence-corrected chi connectivity index (χ2v) is 6.25. The molecule has 0 radical (unpaired) electrons. The highest BCUT2D eigenvalue weighted by Crippen LogP contribution is 2.16. The molecule has 1 amide bonds. The second-order valence-electron chi connectivity index (χ2n) is 6.25. The van der Waals surface area contributed by atoms with Crippen molar-refractivity contribution in [2.45, 2.75) is 45.3 Å². The number of nitrogens with one attached hydrogen (secondary N) is 1. The monoisotopic (exact) mass is 361 g/mol. The lowest BCUT2D eigenvalue weighted by Gasteiger charge is -2.21. The molecule has 6 nitrogen and oxygen atoms in total. The molecule has 0 unspecified atom stereocenters. The number of hydrogen-bond donors (Lipinski definition) is 2. The number of aliphatic carboxylic acids is 1. The third-order valence-electron chi connectivity index (χ3n) is 2.95. The summed E-state index contributed by atoms with van der Waals surface area (Å²) >= 11 is 0. The van der Waals surface area contributed by atoms with Crippen molar-refractivity contribution in [2.24, 2.45) is 0 Å². The Labute approximate surface area is 142 Å². The fraction of sp³-hybridized carbons (Fsp3) is 0.438. The zero-order valence-corrected chi connectivity index (χ0v) is 13.9. The van der Waals surface area contributed by atoms with Crippen molar-refractivity contribution in [1.29, 1.82) is 0 Å². The summed E-state index contributed by atoms with van der Waals surface area (Å²) in [5.74, 6) is -6.95. The van der Waals surface area contributed by atoms with Gasteiger partial charge in [0.2, 0.25) is 0 Å². The van der Waals surface area contributed by atoms with Crippen molar-refractivity contribution in [3.8, 4) is 0 Å². The minimum absolute atomic E-state index is 0.339. The van der Waals surface area contributed by atoms with Crippen LogP contribution in [-0.4, -0.2) is 34.6 Å². The van der Waals surface area contributed by atoms with E-state index in [0.717, 1.165) is 0 Å². The van der Waals surface area contributed by atoms with Gasteiger partial charge in [-0.2, -0.15) is 0 Å². The van der Waals surface area contributed by atoms with E-state index in [4.69, 9.17) is 9.84 Å². The predicted molar refractivity (Wildman–Crippen MR) is 80.7 cm³/mol. The highest BCUT2D eigenvalue weighted by atomic mass is 19.2. The van der Waals surface area contributed by atoms with Crippen LogP contribution in [0.5, 0.6) is 0 Å². The molecule has 0 aliphatic rings. The summed E-state index contributed by atoms with van der Waals surface area (Å²) in [5.41, 5.74) is -1.27. The van der Waals surface area contributed by atoms with Crippen LogP contribution in [0.4, 0.5) is 18.0 Å². The summed E-state index contributed by atoms with van der Waals surface area (Å²) in [7, 11) is 0. The maximum absolute atomic E-state index is 13.1. The first-order valence-electron chi connectivity index (χ1n) is 7.31. The van der Waals surface area contributed by atoms with Gasteiger partial charge in [-0.15, -0.1) is 0 Å². The number of carbonyl (C=O) groups is 3. The summed E-state index contributed by atoms with van der Waals surface area (Å²) < 4.78 is 44.0. The molecular formula is C16H18F3NO5. The topological polar surface area (TPSA) is 92.7 Å². The SMILES string of the molecule is CC(C)(C)OC(=O)N[C@H](CCC(=O)c1cc(F)c(F)c(F)c1)C(=O)O. The van der Waals surface area contributed by atoms with Crippen molar-refractivity contribution >= 4 is 17.8 Å². The van der Waals surface area contributed by atoms with Crippen LogP contribution in [0.2, 0.25) is 0 Å². The zero-order chi connectivity index (χ0) is 19.4. The van der Waals surface area contributed by atoms with Gasteiger partial charge in [0.15, 0.2) is 23.2 Å². The Kier molecular flexibility index (Phi) is 6.55. The Morgan fingerprint density at radius 1 is 1.16 bits per heavy atom. The van der Waals surface area contributed by atoms with Gasteiger partial charge in [0.25, 0.3) is 0 Å². The third-order valence-corrected chi connectivity index (χ3v) is 2.95. The lowest BCUT2D eigenvalue weighted by Crippen LogP contribution is -2.43. The summed E-state index contributed by atoms with van der Waals surface area (Å²) in [6.45, 7) is 4.76. The molecule has 0 aliphatic carbocycles.